The number of fused-ring (bicyclic) bond motifs is 7. The van der Waals surface area contributed by atoms with Gasteiger partial charge in [0.1, 0.15) is 18.0 Å². The van der Waals surface area contributed by atoms with Gasteiger partial charge < -0.3 is 20.3 Å². The minimum absolute atomic E-state index is 0.0439. The largest absolute Gasteiger partial charge is 0.483 e. The van der Waals surface area contributed by atoms with Gasteiger partial charge in [0.05, 0.1) is 22.8 Å². The molecule has 3 aliphatic heterocycles. The van der Waals surface area contributed by atoms with Crippen LogP contribution < -0.4 is 15.5 Å². The van der Waals surface area contributed by atoms with Crippen LogP contribution in [0.25, 0.3) is 22.5 Å². The zero-order valence-corrected chi connectivity index (χ0v) is 30.3. The first kappa shape index (κ1) is 31.9. The Hall–Kier alpha value is -6.62. The summed E-state index contributed by atoms with van der Waals surface area (Å²) in [5.41, 5.74) is 14.9. The van der Waals surface area contributed by atoms with Crippen LogP contribution in [0.3, 0.4) is 0 Å². The van der Waals surface area contributed by atoms with Crippen molar-refractivity contribution in [3.8, 4) is 11.1 Å². The van der Waals surface area contributed by atoms with E-state index in [1.807, 2.05) is 0 Å². The van der Waals surface area contributed by atoms with Crippen molar-refractivity contribution >= 4 is 28.4 Å². The Bertz CT molecular complexity index is 2590. The summed E-state index contributed by atoms with van der Waals surface area (Å²) in [4.78, 5) is 2.41. The summed E-state index contributed by atoms with van der Waals surface area (Å²) in [6.45, 7) is 0.810. The van der Waals surface area contributed by atoms with Gasteiger partial charge in [-0.1, -0.05) is 152 Å². The molecule has 3 heterocycles. The number of nitrogens with zero attached hydrogens (tertiary/aromatic N) is 1. The van der Waals surface area contributed by atoms with Crippen LogP contribution in [0.5, 0.6) is 0 Å². The van der Waals surface area contributed by atoms with Gasteiger partial charge in [-0.25, -0.2) is 0 Å². The summed E-state index contributed by atoms with van der Waals surface area (Å²) in [7, 11) is 0. The highest BCUT2D eigenvalue weighted by molar-refractivity contribution is 5.98. The number of para-hydroxylation sites is 3. The van der Waals surface area contributed by atoms with Crippen LogP contribution >= 0.6 is 0 Å². The standard InChI is InChI=1S/C51H39N3O/c1-4-18-37(19-5-1)51(38-20-6-2-7-21-38)42-25-11-10-24-41(42)49-47(48-46(55-49)28-15-31-52-48)40-30-29-35(33-43(40)51)34-16-14-17-36(32-34)50-53-44-26-12-13-27-45(44)54(50)39-22-8-3-9-23-39/h1-30,32-33,46,48,50,52-53H,31H2. The summed E-state index contributed by atoms with van der Waals surface area (Å²) in [5, 5.41) is 7.66. The molecule has 0 aromatic heterocycles. The molecule has 11 rings (SSSR count). The van der Waals surface area contributed by atoms with E-state index in [2.05, 4.69) is 210 Å². The van der Waals surface area contributed by atoms with Crippen LogP contribution in [-0.2, 0) is 10.2 Å². The maximum absolute atomic E-state index is 6.98. The first-order valence-corrected chi connectivity index (χ1v) is 19.3. The summed E-state index contributed by atoms with van der Waals surface area (Å²) in [6, 6.07) is 66.6. The van der Waals surface area contributed by atoms with Crippen LogP contribution in [0.1, 0.15) is 45.1 Å². The molecule has 3 unspecified atom stereocenters. The average Bonchev–Trinajstić information content (AvgIpc) is 3.82. The second-order valence-electron chi connectivity index (χ2n) is 14.8. The third-order valence-corrected chi connectivity index (χ3v) is 11.9. The van der Waals surface area contributed by atoms with Crippen molar-refractivity contribution in [2.75, 3.05) is 16.8 Å². The Balaban J connectivity index is 1.15. The highest BCUT2D eigenvalue weighted by Gasteiger charge is 2.49. The molecule has 2 N–H and O–H groups in total. The van der Waals surface area contributed by atoms with E-state index >= 15 is 0 Å². The van der Waals surface area contributed by atoms with Gasteiger partial charge in [-0.2, -0.15) is 0 Å². The van der Waals surface area contributed by atoms with Gasteiger partial charge >= 0.3 is 0 Å². The Morgan fingerprint density at radius 2 is 1.27 bits per heavy atom. The first-order valence-electron chi connectivity index (χ1n) is 19.3. The fraction of sp³-hybridized carbons (Fsp3) is 0.0980. The van der Waals surface area contributed by atoms with Crippen molar-refractivity contribution in [2.45, 2.75) is 23.7 Å². The van der Waals surface area contributed by atoms with Crippen molar-refractivity contribution in [3.63, 3.8) is 0 Å². The van der Waals surface area contributed by atoms with Crippen LogP contribution in [-0.4, -0.2) is 18.7 Å². The number of hydrogen-bond acceptors (Lipinski definition) is 4. The van der Waals surface area contributed by atoms with Crippen molar-refractivity contribution in [1.82, 2.24) is 5.32 Å². The lowest BCUT2D eigenvalue weighted by Gasteiger charge is -2.39. The molecule has 0 saturated carbocycles. The lowest BCUT2D eigenvalue weighted by Crippen LogP contribution is -2.41. The molecular weight excluding hydrogens is 671 g/mol. The lowest BCUT2D eigenvalue weighted by molar-refractivity contribution is 0.205. The number of anilines is 3. The normalized spacial score (nSPS) is 19.9. The van der Waals surface area contributed by atoms with E-state index in [0.29, 0.717) is 0 Å². The predicted octanol–water partition coefficient (Wildman–Crippen LogP) is 11.1. The van der Waals surface area contributed by atoms with Gasteiger partial charge in [0, 0.05) is 23.4 Å². The minimum Gasteiger partial charge on any atom is -0.483 e. The Kier molecular flexibility index (Phi) is 7.39. The summed E-state index contributed by atoms with van der Waals surface area (Å²) < 4.78 is 6.98. The lowest BCUT2D eigenvalue weighted by atomic mass is 9.63. The second-order valence-corrected chi connectivity index (χ2v) is 14.8. The smallest absolute Gasteiger partial charge is 0.136 e. The zero-order chi connectivity index (χ0) is 36.3. The van der Waals surface area contributed by atoms with E-state index in [-0.39, 0.29) is 18.3 Å². The topological polar surface area (TPSA) is 36.5 Å². The highest BCUT2D eigenvalue weighted by Crippen LogP contribution is 2.56. The third kappa shape index (κ3) is 4.88. The summed E-state index contributed by atoms with van der Waals surface area (Å²) in [6.07, 6.45) is 4.29. The van der Waals surface area contributed by atoms with E-state index < -0.39 is 5.41 Å². The van der Waals surface area contributed by atoms with E-state index in [4.69, 9.17) is 4.74 Å². The molecule has 4 aliphatic rings. The van der Waals surface area contributed by atoms with Crippen molar-refractivity contribution in [1.29, 1.82) is 0 Å². The average molecular weight is 710 g/mol. The molecule has 1 aliphatic carbocycles. The van der Waals surface area contributed by atoms with E-state index in [1.54, 1.807) is 0 Å². The van der Waals surface area contributed by atoms with Crippen molar-refractivity contribution in [3.05, 3.63) is 233 Å². The molecule has 4 heteroatoms. The fourth-order valence-corrected chi connectivity index (χ4v) is 9.58. The summed E-state index contributed by atoms with van der Waals surface area (Å²) in [5.74, 6) is 0.974. The number of benzene rings is 7. The molecule has 0 saturated heterocycles. The van der Waals surface area contributed by atoms with E-state index in [1.165, 1.54) is 55.8 Å². The molecular formula is C51H39N3O. The molecule has 0 radical (unpaired) electrons. The third-order valence-electron chi connectivity index (χ3n) is 11.9. The highest BCUT2D eigenvalue weighted by atomic mass is 16.5. The monoisotopic (exact) mass is 709 g/mol. The Morgan fingerprint density at radius 1 is 0.582 bits per heavy atom. The second kappa shape index (κ2) is 12.8. The van der Waals surface area contributed by atoms with Gasteiger partial charge in [-0.3, -0.25) is 0 Å². The Labute approximate surface area is 322 Å². The van der Waals surface area contributed by atoms with Crippen molar-refractivity contribution < 1.29 is 4.74 Å². The molecule has 55 heavy (non-hydrogen) atoms. The van der Waals surface area contributed by atoms with Crippen LogP contribution in [0.15, 0.2) is 194 Å². The van der Waals surface area contributed by atoms with Gasteiger partial charge in [-0.05, 0) is 87.0 Å². The fourth-order valence-electron chi connectivity index (χ4n) is 9.58. The molecule has 0 amide bonds. The zero-order valence-electron chi connectivity index (χ0n) is 30.3. The number of hydrogen-bond donors (Lipinski definition) is 2. The Morgan fingerprint density at radius 3 is 2.07 bits per heavy atom. The quantitative estimate of drug-likeness (QED) is 0.175. The molecule has 7 aromatic rings. The number of nitrogens with one attached hydrogen (secondary N) is 2. The SMILES string of the molecule is C1=CC2OC3=C(c4ccc(-c5cccc(C6Nc7ccccc7N6c6ccccc6)c5)cc4C(c4ccccc4)(c4ccccc4)c4ccccc43)C2NC1. The first-order chi connectivity index (χ1) is 27.3. The van der Waals surface area contributed by atoms with Gasteiger partial charge in [0.25, 0.3) is 0 Å². The molecule has 7 aromatic carbocycles. The van der Waals surface area contributed by atoms with E-state index in [9.17, 15) is 0 Å². The van der Waals surface area contributed by atoms with Gasteiger partial charge in [-0.15, -0.1) is 0 Å². The van der Waals surface area contributed by atoms with Gasteiger partial charge in [0.2, 0.25) is 0 Å². The molecule has 264 valence electrons. The maximum Gasteiger partial charge on any atom is 0.136 e. The molecule has 0 spiro atoms. The predicted molar refractivity (Wildman–Crippen MR) is 224 cm³/mol. The minimum atomic E-state index is -0.630. The van der Waals surface area contributed by atoms with E-state index in [0.717, 1.165) is 29.2 Å². The molecule has 3 atom stereocenters. The van der Waals surface area contributed by atoms with Crippen molar-refractivity contribution in [2.24, 2.45) is 0 Å². The molecule has 0 fully saturated rings. The van der Waals surface area contributed by atoms with Crippen LogP contribution in [0.2, 0.25) is 0 Å². The maximum atomic E-state index is 6.98. The number of ether oxygens (including phenoxy) is 1. The number of rotatable bonds is 5. The molecule has 0 bridgehead atoms. The molecule has 4 nitrogen and oxygen atoms in total. The van der Waals surface area contributed by atoms with Crippen LogP contribution in [0.4, 0.5) is 17.1 Å². The van der Waals surface area contributed by atoms with Crippen LogP contribution in [0, 0.1) is 0 Å². The summed E-state index contributed by atoms with van der Waals surface area (Å²) >= 11 is 0. The van der Waals surface area contributed by atoms with Gasteiger partial charge in [0.15, 0.2) is 0 Å².